The zero-order valence-corrected chi connectivity index (χ0v) is 13.1. The summed E-state index contributed by atoms with van der Waals surface area (Å²) in [6, 6.07) is 9.55. The molecule has 2 aromatic carbocycles. The number of hydrogen-bond acceptors (Lipinski definition) is 3. The number of carbonyl (C=O) groups is 2. The van der Waals surface area contributed by atoms with Crippen LogP contribution in [0.3, 0.4) is 0 Å². The Hall–Kier alpha value is -2.96. The molecule has 5 nitrogen and oxygen atoms in total. The Morgan fingerprint density at radius 1 is 0.958 bits per heavy atom. The van der Waals surface area contributed by atoms with Crippen LogP contribution >= 0.6 is 0 Å². The Kier molecular flexibility index (Phi) is 5.47. The van der Waals surface area contributed by atoms with Gasteiger partial charge in [0.1, 0.15) is 5.75 Å². The first-order valence-electron chi connectivity index (χ1n) is 7.15. The van der Waals surface area contributed by atoms with E-state index in [9.17, 15) is 18.4 Å². The molecule has 2 aromatic rings. The summed E-state index contributed by atoms with van der Waals surface area (Å²) < 4.78 is 31.3. The summed E-state index contributed by atoms with van der Waals surface area (Å²) in [5.41, 5.74) is 1.11. The van der Waals surface area contributed by atoms with E-state index in [0.29, 0.717) is 11.4 Å². The summed E-state index contributed by atoms with van der Waals surface area (Å²) in [4.78, 5) is 23.0. The second-order valence-corrected chi connectivity index (χ2v) is 5.08. The van der Waals surface area contributed by atoms with Crippen molar-refractivity contribution in [3.05, 3.63) is 54.1 Å². The van der Waals surface area contributed by atoms with E-state index in [1.165, 1.54) is 19.9 Å². The Bertz CT molecular complexity index is 748. The van der Waals surface area contributed by atoms with E-state index in [-0.39, 0.29) is 11.7 Å². The third-order valence-electron chi connectivity index (χ3n) is 3.05. The van der Waals surface area contributed by atoms with Gasteiger partial charge in [-0.3, -0.25) is 9.59 Å². The van der Waals surface area contributed by atoms with E-state index >= 15 is 0 Å². The zero-order valence-electron chi connectivity index (χ0n) is 13.1. The molecule has 0 saturated carbocycles. The van der Waals surface area contributed by atoms with E-state index in [1.807, 2.05) is 0 Å². The summed E-state index contributed by atoms with van der Waals surface area (Å²) in [7, 11) is 0. The standard InChI is InChI=1S/C17H16F2N2O3/c1-10(24-14-7-8-15(18)16(19)9-14)17(23)21-13-5-3-12(4-6-13)20-11(2)22/h3-10H,1-2H3,(H,20,22)(H,21,23). The second kappa shape index (κ2) is 7.54. The van der Waals surface area contributed by atoms with Crippen molar-refractivity contribution in [2.75, 3.05) is 10.6 Å². The number of hydrogen-bond donors (Lipinski definition) is 2. The second-order valence-electron chi connectivity index (χ2n) is 5.08. The van der Waals surface area contributed by atoms with Gasteiger partial charge in [0.2, 0.25) is 5.91 Å². The molecule has 0 radical (unpaired) electrons. The molecule has 0 spiro atoms. The van der Waals surface area contributed by atoms with Crippen LogP contribution in [-0.4, -0.2) is 17.9 Å². The molecular formula is C17H16F2N2O3. The predicted molar refractivity (Wildman–Crippen MR) is 85.8 cm³/mol. The van der Waals surface area contributed by atoms with Gasteiger partial charge in [-0.05, 0) is 43.3 Å². The molecule has 0 aliphatic rings. The van der Waals surface area contributed by atoms with Crippen LogP contribution in [0.4, 0.5) is 20.2 Å². The van der Waals surface area contributed by atoms with Crippen LogP contribution in [0.25, 0.3) is 0 Å². The van der Waals surface area contributed by atoms with Crippen molar-refractivity contribution in [1.29, 1.82) is 0 Å². The van der Waals surface area contributed by atoms with Crippen LogP contribution in [0, 0.1) is 11.6 Å². The first kappa shape index (κ1) is 17.4. The number of benzene rings is 2. The van der Waals surface area contributed by atoms with Crippen molar-refractivity contribution in [2.24, 2.45) is 0 Å². The third-order valence-corrected chi connectivity index (χ3v) is 3.05. The quantitative estimate of drug-likeness (QED) is 0.881. The topological polar surface area (TPSA) is 67.4 Å². The highest BCUT2D eigenvalue weighted by Gasteiger charge is 2.16. The number of anilines is 2. The van der Waals surface area contributed by atoms with Crippen molar-refractivity contribution >= 4 is 23.2 Å². The number of ether oxygens (including phenoxy) is 1. The Morgan fingerprint density at radius 3 is 2.08 bits per heavy atom. The van der Waals surface area contributed by atoms with Crippen molar-refractivity contribution in [3.8, 4) is 5.75 Å². The summed E-state index contributed by atoms with van der Waals surface area (Å²) in [6.45, 7) is 2.88. The summed E-state index contributed by atoms with van der Waals surface area (Å²) in [6.07, 6.45) is -0.912. The zero-order chi connectivity index (χ0) is 17.7. The lowest BCUT2D eigenvalue weighted by Crippen LogP contribution is -2.30. The van der Waals surface area contributed by atoms with Gasteiger partial charge >= 0.3 is 0 Å². The van der Waals surface area contributed by atoms with Gasteiger partial charge in [0.15, 0.2) is 17.7 Å². The van der Waals surface area contributed by atoms with E-state index in [0.717, 1.165) is 12.1 Å². The third kappa shape index (κ3) is 4.77. The Balaban J connectivity index is 1.95. The van der Waals surface area contributed by atoms with Crippen LogP contribution in [0.5, 0.6) is 5.75 Å². The fraction of sp³-hybridized carbons (Fsp3) is 0.176. The molecule has 0 aromatic heterocycles. The minimum atomic E-state index is -1.05. The van der Waals surface area contributed by atoms with E-state index in [2.05, 4.69) is 10.6 Å². The lowest BCUT2D eigenvalue weighted by Gasteiger charge is -2.15. The molecule has 0 heterocycles. The maximum atomic E-state index is 13.1. The molecule has 1 unspecified atom stereocenters. The molecule has 1 atom stereocenters. The molecule has 2 N–H and O–H groups in total. The van der Waals surface area contributed by atoms with Crippen molar-refractivity contribution in [3.63, 3.8) is 0 Å². The van der Waals surface area contributed by atoms with Gasteiger partial charge in [-0.1, -0.05) is 0 Å². The van der Waals surface area contributed by atoms with Gasteiger partial charge < -0.3 is 15.4 Å². The molecule has 24 heavy (non-hydrogen) atoms. The number of rotatable bonds is 5. The maximum absolute atomic E-state index is 13.1. The van der Waals surface area contributed by atoms with Crippen molar-refractivity contribution < 1.29 is 23.1 Å². The average molecular weight is 334 g/mol. The minimum absolute atomic E-state index is 0.0533. The molecule has 126 valence electrons. The molecule has 2 amide bonds. The first-order chi connectivity index (χ1) is 11.3. The Morgan fingerprint density at radius 2 is 1.54 bits per heavy atom. The molecule has 2 rings (SSSR count). The fourth-order valence-corrected chi connectivity index (χ4v) is 1.89. The highest BCUT2D eigenvalue weighted by Crippen LogP contribution is 2.18. The molecule has 0 bridgehead atoms. The fourth-order valence-electron chi connectivity index (χ4n) is 1.89. The van der Waals surface area contributed by atoms with Crippen LogP contribution in [-0.2, 0) is 9.59 Å². The highest BCUT2D eigenvalue weighted by molar-refractivity contribution is 5.94. The average Bonchev–Trinajstić information content (AvgIpc) is 2.52. The van der Waals surface area contributed by atoms with Gasteiger partial charge in [0.05, 0.1) is 0 Å². The van der Waals surface area contributed by atoms with Crippen molar-refractivity contribution in [1.82, 2.24) is 0 Å². The van der Waals surface area contributed by atoms with E-state index in [4.69, 9.17) is 4.74 Å². The lowest BCUT2D eigenvalue weighted by atomic mass is 10.2. The molecule has 0 saturated heterocycles. The lowest BCUT2D eigenvalue weighted by molar-refractivity contribution is -0.122. The van der Waals surface area contributed by atoms with Crippen LogP contribution < -0.4 is 15.4 Å². The number of carbonyl (C=O) groups excluding carboxylic acids is 2. The number of halogens is 2. The van der Waals surface area contributed by atoms with Crippen LogP contribution in [0.2, 0.25) is 0 Å². The maximum Gasteiger partial charge on any atom is 0.265 e. The molecule has 7 heteroatoms. The van der Waals surface area contributed by atoms with Crippen LogP contribution in [0.1, 0.15) is 13.8 Å². The molecule has 0 aliphatic heterocycles. The van der Waals surface area contributed by atoms with Gasteiger partial charge in [-0.2, -0.15) is 0 Å². The molecule has 0 fully saturated rings. The minimum Gasteiger partial charge on any atom is -0.481 e. The van der Waals surface area contributed by atoms with Gasteiger partial charge in [0.25, 0.3) is 5.91 Å². The molecular weight excluding hydrogens is 318 g/mol. The Labute approximate surface area is 137 Å². The highest BCUT2D eigenvalue weighted by atomic mass is 19.2. The SMILES string of the molecule is CC(=O)Nc1ccc(NC(=O)C(C)Oc2ccc(F)c(F)c2)cc1. The van der Waals surface area contributed by atoms with E-state index in [1.54, 1.807) is 24.3 Å². The monoisotopic (exact) mass is 334 g/mol. The van der Waals surface area contributed by atoms with Gasteiger partial charge in [0, 0.05) is 24.4 Å². The smallest absolute Gasteiger partial charge is 0.265 e. The van der Waals surface area contributed by atoms with Crippen LogP contribution in [0.15, 0.2) is 42.5 Å². The van der Waals surface area contributed by atoms with Gasteiger partial charge in [-0.25, -0.2) is 8.78 Å². The normalized spacial score (nSPS) is 11.5. The summed E-state index contributed by atoms with van der Waals surface area (Å²) in [5, 5.41) is 5.23. The van der Waals surface area contributed by atoms with Crippen molar-refractivity contribution in [2.45, 2.75) is 20.0 Å². The van der Waals surface area contributed by atoms with Gasteiger partial charge in [-0.15, -0.1) is 0 Å². The first-order valence-corrected chi connectivity index (χ1v) is 7.15. The number of nitrogens with one attached hydrogen (secondary N) is 2. The summed E-state index contributed by atoms with van der Waals surface area (Å²) in [5.74, 6) is -2.63. The summed E-state index contributed by atoms with van der Waals surface area (Å²) >= 11 is 0. The largest absolute Gasteiger partial charge is 0.481 e. The van der Waals surface area contributed by atoms with E-state index < -0.39 is 23.6 Å². The number of amides is 2. The molecule has 0 aliphatic carbocycles. The predicted octanol–water partition coefficient (Wildman–Crippen LogP) is 3.33.